The van der Waals surface area contributed by atoms with Crippen LogP contribution in [0.15, 0.2) is 0 Å². The molecule has 1 nitrogen and oxygen atoms in total. The van der Waals surface area contributed by atoms with E-state index in [2.05, 4.69) is 13.8 Å². The van der Waals surface area contributed by atoms with Crippen LogP contribution in [0.5, 0.6) is 0 Å². The van der Waals surface area contributed by atoms with Gasteiger partial charge >= 0.3 is 0 Å². The van der Waals surface area contributed by atoms with Crippen molar-refractivity contribution in [3.8, 4) is 0 Å². The Morgan fingerprint density at radius 3 is 1.71 bits per heavy atom. The van der Waals surface area contributed by atoms with Crippen LogP contribution in [0.2, 0.25) is 0 Å². The molecule has 0 bridgehead atoms. The van der Waals surface area contributed by atoms with E-state index in [0.717, 1.165) is 11.8 Å². The maximum absolute atomic E-state index is 8.55. The summed E-state index contributed by atoms with van der Waals surface area (Å²) in [5.41, 5.74) is 0. The molecular formula is C6H12O. The molecule has 1 heteroatoms. The highest BCUT2D eigenvalue weighted by Gasteiger charge is 2.41. The summed E-state index contributed by atoms with van der Waals surface area (Å²) in [5, 5.41) is 8.55. The molecule has 0 amide bonds. The van der Waals surface area contributed by atoms with Gasteiger partial charge in [0.05, 0.1) is 0 Å². The molecule has 1 aliphatic carbocycles. The van der Waals surface area contributed by atoms with Crippen molar-refractivity contribution in [3.63, 3.8) is 0 Å². The minimum absolute atomic E-state index is 0.391. The summed E-state index contributed by atoms with van der Waals surface area (Å²) in [6.45, 7) is 4.76. The zero-order valence-electron chi connectivity index (χ0n) is 4.89. The lowest BCUT2D eigenvalue weighted by atomic mass is 10.4. The van der Waals surface area contributed by atoms with Crippen LogP contribution in [-0.4, -0.2) is 11.7 Å². The predicted molar refractivity (Wildman–Crippen MR) is 28.9 cm³/mol. The fraction of sp³-hybridized carbons (Fsp3) is 1.00. The highest BCUT2D eigenvalue weighted by molar-refractivity contribution is 4.89. The average molecular weight is 100 g/mol. The smallest absolute Gasteiger partial charge is 0.0464 e. The Labute approximate surface area is 44.4 Å². The minimum atomic E-state index is 0.391. The van der Waals surface area contributed by atoms with Crippen molar-refractivity contribution in [2.24, 2.45) is 17.8 Å². The molecule has 7 heavy (non-hydrogen) atoms. The molecule has 0 aromatic heterocycles. The van der Waals surface area contributed by atoms with Crippen LogP contribution < -0.4 is 0 Å². The molecule has 1 fully saturated rings. The fourth-order valence-electron chi connectivity index (χ4n) is 1.10. The number of hydrogen-bond acceptors (Lipinski definition) is 1. The second-order valence-electron chi connectivity index (χ2n) is 2.56. The van der Waals surface area contributed by atoms with E-state index >= 15 is 0 Å². The molecule has 1 N–H and O–H groups in total. The predicted octanol–water partition coefficient (Wildman–Crippen LogP) is 0.881. The maximum atomic E-state index is 8.55. The van der Waals surface area contributed by atoms with Gasteiger partial charge in [0, 0.05) is 6.61 Å². The molecule has 3 atom stereocenters. The quantitative estimate of drug-likeness (QED) is 0.518. The first-order chi connectivity index (χ1) is 3.27. The van der Waals surface area contributed by atoms with Crippen LogP contribution in [-0.2, 0) is 0 Å². The summed E-state index contributed by atoms with van der Waals surface area (Å²) in [7, 11) is 0. The summed E-state index contributed by atoms with van der Waals surface area (Å²) in [4.78, 5) is 0. The molecule has 2 unspecified atom stereocenters. The van der Waals surface area contributed by atoms with Crippen LogP contribution in [0.3, 0.4) is 0 Å². The highest BCUT2D eigenvalue weighted by atomic mass is 16.3. The van der Waals surface area contributed by atoms with Crippen molar-refractivity contribution in [1.29, 1.82) is 0 Å². The molecule has 1 rings (SSSR count). The molecule has 0 heterocycles. The summed E-state index contributed by atoms with van der Waals surface area (Å²) in [5.74, 6) is 2.19. The Hall–Kier alpha value is -0.0400. The van der Waals surface area contributed by atoms with Crippen molar-refractivity contribution in [2.45, 2.75) is 13.8 Å². The molecule has 1 saturated carbocycles. The number of aliphatic hydroxyl groups excluding tert-OH is 1. The van der Waals surface area contributed by atoms with Gasteiger partial charge in [-0.25, -0.2) is 0 Å². The second-order valence-corrected chi connectivity index (χ2v) is 2.56. The maximum Gasteiger partial charge on any atom is 0.0464 e. The average Bonchev–Trinajstić information content (AvgIpc) is 2.17. The summed E-state index contributed by atoms with van der Waals surface area (Å²) >= 11 is 0. The lowest BCUT2D eigenvalue weighted by Crippen LogP contribution is -1.85. The van der Waals surface area contributed by atoms with Crippen LogP contribution in [0, 0.1) is 17.8 Å². The highest BCUT2D eigenvalue weighted by Crippen LogP contribution is 2.44. The van der Waals surface area contributed by atoms with Gasteiger partial charge in [0.2, 0.25) is 0 Å². The Balaban J connectivity index is 2.24. The van der Waals surface area contributed by atoms with E-state index in [1.54, 1.807) is 0 Å². The lowest BCUT2D eigenvalue weighted by molar-refractivity contribution is 0.266. The van der Waals surface area contributed by atoms with Gasteiger partial charge in [0.15, 0.2) is 0 Å². The first-order valence-electron chi connectivity index (χ1n) is 2.88. The summed E-state index contributed by atoms with van der Waals surface area (Å²) in [6.07, 6.45) is 0. The van der Waals surface area contributed by atoms with Gasteiger partial charge in [-0.2, -0.15) is 0 Å². The topological polar surface area (TPSA) is 20.2 Å². The zero-order valence-corrected chi connectivity index (χ0v) is 4.89. The van der Waals surface area contributed by atoms with Crippen LogP contribution >= 0.6 is 0 Å². The van der Waals surface area contributed by atoms with Crippen molar-refractivity contribution < 1.29 is 5.11 Å². The van der Waals surface area contributed by atoms with Gasteiger partial charge in [-0.05, 0) is 17.8 Å². The van der Waals surface area contributed by atoms with Gasteiger partial charge in [0.1, 0.15) is 0 Å². The molecule has 0 saturated heterocycles. The van der Waals surface area contributed by atoms with E-state index in [1.165, 1.54) is 0 Å². The first-order valence-corrected chi connectivity index (χ1v) is 2.88. The standard InChI is InChI=1S/C6H12O/c1-4-5(2)6(4)3-7/h4-7H,3H2,1-2H3/t4-,5?,6?/m1/s1. The molecule has 0 radical (unpaired) electrons. The normalized spacial score (nSPS) is 49.3. The third-order valence-electron chi connectivity index (χ3n) is 2.25. The van der Waals surface area contributed by atoms with E-state index in [-0.39, 0.29) is 0 Å². The van der Waals surface area contributed by atoms with Crippen LogP contribution in [0.4, 0.5) is 0 Å². The van der Waals surface area contributed by atoms with E-state index in [0.29, 0.717) is 12.5 Å². The zero-order chi connectivity index (χ0) is 5.44. The third-order valence-corrected chi connectivity index (χ3v) is 2.25. The Morgan fingerprint density at radius 1 is 1.29 bits per heavy atom. The van der Waals surface area contributed by atoms with E-state index in [1.807, 2.05) is 0 Å². The Bertz CT molecular complexity index is 62.6. The second kappa shape index (κ2) is 1.48. The molecule has 0 aliphatic heterocycles. The van der Waals surface area contributed by atoms with Crippen molar-refractivity contribution >= 4 is 0 Å². The molecule has 0 spiro atoms. The van der Waals surface area contributed by atoms with Crippen molar-refractivity contribution in [1.82, 2.24) is 0 Å². The van der Waals surface area contributed by atoms with Gasteiger partial charge < -0.3 is 5.11 Å². The number of aliphatic hydroxyl groups is 1. The Kier molecular flexibility index (Phi) is 1.08. The monoisotopic (exact) mass is 100 g/mol. The van der Waals surface area contributed by atoms with E-state index < -0.39 is 0 Å². The summed E-state index contributed by atoms with van der Waals surface area (Å²) < 4.78 is 0. The summed E-state index contributed by atoms with van der Waals surface area (Å²) in [6, 6.07) is 0. The van der Waals surface area contributed by atoms with Gasteiger partial charge in [-0.15, -0.1) is 0 Å². The lowest BCUT2D eigenvalue weighted by Gasteiger charge is -1.80. The fourth-order valence-corrected chi connectivity index (χ4v) is 1.10. The molecule has 1 aliphatic rings. The molecule has 0 aromatic rings. The van der Waals surface area contributed by atoms with Crippen LogP contribution in [0.1, 0.15) is 13.8 Å². The Morgan fingerprint density at radius 2 is 1.71 bits per heavy atom. The van der Waals surface area contributed by atoms with Crippen LogP contribution in [0.25, 0.3) is 0 Å². The number of hydrogen-bond donors (Lipinski definition) is 1. The first kappa shape index (κ1) is 5.10. The largest absolute Gasteiger partial charge is 0.396 e. The van der Waals surface area contributed by atoms with E-state index in [9.17, 15) is 0 Å². The number of rotatable bonds is 1. The van der Waals surface area contributed by atoms with Gasteiger partial charge in [-0.1, -0.05) is 13.8 Å². The van der Waals surface area contributed by atoms with Crippen molar-refractivity contribution in [3.05, 3.63) is 0 Å². The SMILES string of the molecule is CC1C(CO)[C@@H]1C. The van der Waals surface area contributed by atoms with Crippen molar-refractivity contribution in [2.75, 3.05) is 6.61 Å². The minimum Gasteiger partial charge on any atom is -0.396 e. The third kappa shape index (κ3) is 0.653. The van der Waals surface area contributed by atoms with Gasteiger partial charge in [0.25, 0.3) is 0 Å². The molecule has 42 valence electrons. The molecule has 0 aromatic carbocycles. The van der Waals surface area contributed by atoms with E-state index in [4.69, 9.17) is 5.11 Å². The van der Waals surface area contributed by atoms with Gasteiger partial charge in [-0.3, -0.25) is 0 Å². The molecular weight excluding hydrogens is 88.1 g/mol.